The first-order chi connectivity index (χ1) is 8.13. The SMILES string of the molecule is CCCC1CCC(C(=O)O)C(N(CC)CC)C1. The second kappa shape index (κ2) is 7.00. The van der Waals surface area contributed by atoms with Crippen molar-refractivity contribution < 1.29 is 9.90 Å². The van der Waals surface area contributed by atoms with Crippen molar-refractivity contribution in [3.63, 3.8) is 0 Å². The minimum absolute atomic E-state index is 0.150. The molecule has 0 heterocycles. The molecular formula is C14H27NO2. The molecule has 100 valence electrons. The highest BCUT2D eigenvalue weighted by Crippen LogP contribution is 2.34. The highest BCUT2D eigenvalue weighted by Gasteiger charge is 2.37. The zero-order chi connectivity index (χ0) is 12.8. The number of hydrogen-bond acceptors (Lipinski definition) is 2. The van der Waals surface area contributed by atoms with E-state index in [0.29, 0.717) is 0 Å². The van der Waals surface area contributed by atoms with Crippen LogP contribution in [0.2, 0.25) is 0 Å². The van der Waals surface area contributed by atoms with E-state index >= 15 is 0 Å². The van der Waals surface area contributed by atoms with Crippen LogP contribution in [0, 0.1) is 11.8 Å². The zero-order valence-corrected chi connectivity index (χ0v) is 11.5. The monoisotopic (exact) mass is 241 g/mol. The molecule has 1 aliphatic carbocycles. The zero-order valence-electron chi connectivity index (χ0n) is 11.5. The lowest BCUT2D eigenvalue weighted by Crippen LogP contribution is -2.47. The topological polar surface area (TPSA) is 40.5 Å². The third kappa shape index (κ3) is 3.70. The molecule has 0 aromatic heterocycles. The Labute approximate surface area is 105 Å². The molecule has 0 radical (unpaired) electrons. The Morgan fingerprint density at radius 2 is 1.88 bits per heavy atom. The summed E-state index contributed by atoms with van der Waals surface area (Å²) < 4.78 is 0. The summed E-state index contributed by atoms with van der Waals surface area (Å²) >= 11 is 0. The van der Waals surface area contributed by atoms with Crippen molar-refractivity contribution in [3.05, 3.63) is 0 Å². The highest BCUT2D eigenvalue weighted by molar-refractivity contribution is 5.71. The maximum atomic E-state index is 11.3. The summed E-state index contributed by atoms with van der Waals surface area (Å²) in [5, 5.41) is 9.34. The number of carboxylic acids is 1. The van der Waals surface area contributed by atoms with Crippen LogP contribution in [0.5, 0.6) is 0 Å². The molecule has 1 aliphatic rings. The molecule has 0 saturated heterocycles. The van der Waals surface area contributed by atoms with Gasteiger partial charge in [-0.25, -0.2) is 0 Å². The van der Waals surface area contributed by atoms with E-state index in [1.165, 1.54) is 12.8 Å². The van der Waals surface area contributed by atoms with Gasteiger partial charge < -0.3 is 10.0 Å². The molecule has 1 rings (SSSR count). The van der Waals surface area contributed by atoms with Crippen molar-refractivity contribution in [1.82, 2.24) is 4.90 Å². The van der Waals surface area contributed by atoms with E-state index in [0.717, 1.165) is 38.3 Å². The van der Waals surface area contributed by atoms with Gasteiger partial charge in [0.2, 0.25) is 0 Å². The minimum Gasteiger partial charge on any atom is -0.481 e. The normalized spacial score (nSPS) is 29.5. The third-order valence-electron chi connectivity index (χ3n) is 4.22. The van der Waals surface area contributed by atoms with Crippen molar-refractivity contribution in [2.45, 2.75) is 58.9 Å². The van der Waals surface area contributed by atoms with Gasteiger partial charge in [0.1, 0.15) is 0 Å². The molecule has 3 nitrogen and oxygen atoms in total. The number of carbonyl (C=O) groups is 1. The third-order valence-corrected chi connectivity index (χ3v) is 4.22. The Hall–Kier alpha value is -0.570. The maximum absolute atomic E-state index is 11.3. The first-order valence-electron chi connectivity index (χ1n) is 7.10. The van der Waals surface area contributed by atoms with E-state index in [1.807, 2.05) is 0 Å². The van der Waals surface area contributed by atoms with Gasteiger partial charge in [0, 0.05) is 6.04 Å². The quantitative estimate of drug-likeness (QED) is 0.777. The van der Waals surface area contributed by atoms with Gasteiger partial charge in [0.15, 0.2) is 0 Å². The molecular weight excluding hydrogens is 214 g/mol. The molecule has 3 atom stereocenters. The van der Waals surface area contributed by atoms with Crippen molar-refractivity contribution in [2.75, 3.05) is 13.1 Å². The molecule has 0 amide bonds. The number of carboxylic acid groups (broad SMARTS) is 1. The van der Waals surface area contributed by atoms with Gasteiger partial charge in [-0.05, 0) is 38.3 Å². The predicted molar refractivity (Wildman–Crippen MR) is 70.1 cm³/mol. The van der Waals surface area contributed by atoms with Crippen molar-refractivity contribution in [2.24, 2.45) is 11.8 Å². The first kappa shape index (κ1) is 14.5. The second-order valence-electron chi connectivity index (χ2n) is 5.20. The van der Waals surface area contributed by atoms with E-state index in [4.69, 9.17) is 0 Å². The lowest BCUT2D eigenvalue weighted by molar-refractivity contribution is -0.146. The number of nitrogens with zero attached hydrogens (tertiary/aromatic N) is 1. The van der Waals surface area contributed by atoms with E-state index in [9.17, 15) is 9.90 Å². The van der Waals surface area contributed by atoms with Crippen LogP contribution in [0.1, 0.15) is 52.9 Å². The van der Waals surface area contributed by atoms with Crippen molar-refractivity contribution in [3.8, 4) is 0 Å². The summed E-state index contributed by atoms with van der Waals surface area (Å²) in [7, 11) is 0. The number of rotatable bonds is 6. The van der Waals surface area contributed by atoms with Crippen molar-refractivity contribution in [1.29, 1.82) is 0 Å². The Kier molecular flexibility index (Phi) is 5.96. The smallest absolute Gasteiger partial charge is 0.308 e. The molecule has 1 saturated carbocycles. The average Bonchev–Trinajstić information content (AvgIpc) is 2.31. The molecule has 0 aliphatic heterocycles. The molecule has 3 unspecified atom stereocenters. The standard InChI is InChI=1S/C14H27NO2/c1-4-7-11-8-9-12(14(16)17)13(10-11)15(5-2)6-3/h11-13H,4-10H2,1-3H3,(H,16,17). The average molecular weight is 241 g/mol. The molecule has 0 bridgehead atoms. The van der Waals surface area contributed by atoms with E-state index in [1.54, 1.807) is 0 Å². The van der Waals surface area contributed by atoms with Gasteiger partial charge in [-0.2, -0.15) is 0 Å². The largest absolute Gasteiger partial charge is 0.481 e. The lowest BCUT2D eigenvalue weighted by Gasteiger charge is -2.40. The van der Waals surface area contributed by atoms with Crippen LogP contribution in [0.4, 0.5) is 0 Å². The Morgan fingerprint density at radius 1 is 1.24 bits per heavy atom. The number of hydrogen-bond donors (Lipinski definition) is 1. The summed E-state index contributed by atoms with van der Waals surface area (Å²) in [6.45, 7) is 8.40. The summed E-state index contributed by atoms with van der Waals surface area (Å²) in [4.78, 5) is 13.7. The van der Waals surface area contributed by atoms with E-state index in [-0.39, 0.29) is 12.0 Å². The van der Waals surface area contributed by atoms with Gasteiger partial charge in [-0.1, -0.05) is 33.6 Å². The first-order valence-corrected chi connectivity index (χ1v) is 7.10. The van der Waals surface area contributed by atoms with Gasteiger partial charge >= 0.3 is 5.97 Å². The fourth-order valence-corrected chi connectivity index (χ4v) is 3.29. The van der Waals surface area contributed by atoms with Crippen LogP contribution in [0.15, 0.2) is 0 Å². The summed E-state index contributed by atoms with van der Waals surface area (Å²) in [5.74, 6) is -0.0129. The Morgan fingerprint density at radius 3 is 2.35 bits per heavy atom. The molecule has 1 fully saturated rings. The Bertz CT molecular complexity index is 238. The van der Waals surface area contributed by atoms with E-state index in [2.05, 4.69) is 25.7 Å². The Balaban J connectivity index is 2.71. The fourth-order valence-electron chi connectivity index (χ4n) is 3.29. The summed E-state index contributed by atoms with van der Waals surface area (Å²) in [6, 6.07) is 0.257. The van der Waals surface area contributed by atoms with Gasteiger partial charge in [-0.15, -0.1) is 0 Å². The molecule has 17 heavy (non-hydrogen) atoms. The molecule has 3 heteroatoms. The van der Waals surface area contributed by atoms with Gasteiger partial charge in [0.25, 0.3) is 0 Å². The second-order valence-corrected chi connectivity index (χ2v) is 5.20. The lowest BCUT2D eigenvalue weighted by atomic mass is 9.76. The summed E-state index contributed by atoms with van der Waals surface area (Å²) in [5.41, 5.74) is 0. The summed E-state index contributed by atoms with van der Waals surface area (Å²) in [6.07, 6.45) is 5.51. The van der Waals surface area contributed by atoms with Crippen LogP contribution >= 0.6 is 0 Å². The van der Waals surface area contributed by atoms with Crippen molar-refractivity contribution >= 4 is 5.97 Å². The molecule has 0 aromatic rings. The van der Waals surface area contributed by atoms with Crippen LogP contribution in [-0.2, 0) is 4.79 Å². The fraction of sp³-hybridized carbons (Fsp3) is 0.929. The van der Waals surface area contributed by atoms with Crippen LogP contribution in [-0.4, -0.2) is 35.1 Å². The number of aliphatic carboxylic acids is 1. The maximum Gasteiger partial charge on any atom is 0.308 e. The van der Waals surface area contributed by atoms with Gasteiger partial charge in [0.05, 0.1) is 5.92 Å². The molecule has 0 spiro atoms. The van der Waals surface area contributed by atoms with Gasteiger partial charge in [-0.3, -0.25) is 4.79 Å². The molecule has 0 aromatic carbocycles. The minimum atomic E-state index is -0.600. The highest BCUT2D eigenvalue weighted by atomic mass is 16.4. The van der Waals surface area contributed by atoms with Crippen LogP contribution in [0.3, 0.4) is 0 Å². The van der Waals surface area contributed by atoms with Crippen LogP contribution in [0.25, 0.3) is 0 Å². The predicted octanol–water partition coefficient (Wildman–Crippen LogP) is 3.00. The van der Waals surface area contributed by atoms with Crippen LogP contribution < -0.4 is 0 Å². The molecule has 1 N–H and O–H groups in total. The van der Waals surface area contributed by atoms with E-state index < -0.39 is 5.97 Å².